The number of amides is 2. The molecule has 20 heteroatoms. The third kappa shape index (κ3) is 9.10. The van der Waals surface area contributed by atoms with Crippen molar-refractivity contribution < 1.29 is 52.0 Å². The van der Waals surface area contributed by atoms with Gasteiger partial charge in [0.1, 0.15) is 0 Å². The quantitative estimate of drug-likeness (QED) is 0.120. The molecule has 9 aromatic carbocycles. The number of aromatic nitrogens is 8. The predicted molar refractivity (Wildman–Crippen MR) is 305 cm³/mol. The third-order valence-corrected chi connectivity index (χ3v) is 17.2. The monoisotopic (exact) mass is 1140 g/mol. The molecule has 0 fully saturated rings. The van der Waals surface area contributed by atoms with Gasteiger partial charge >= 0.3 is 21.0 Å². The average molecular weight is 1140 g/mol. The SMILES string of the molecule is CCN1C(=O)c2ccc(S(=O)(=O)CCCS(=O)(=O)O)cc2C1=O.[O]=[V+2].c1ccc2cc3c(cc2c1)-c1nc-3nc2[n-]c(nc3nc(nc4[n-]c(n1)c1cc5ccccc5cc41)-c1cc4ccccc4cc1-3)c1cc3ccccc3cc21. The van der Waals surface area contributed by atoms with Gasteiger partial charge in [0.2, 0.25) is 0 Å². The maximum Gasteiger partial charge on any atom is 0.0928 e. The molecular weight excluding hydrogens is 1100 g/mol. The summed E-state index contributed by atoms with van der Waals surface area (Å²) in [7, 11) is -8.06. The van der Waals surface area contributed by atoms with Crippen molar-refractivity contribution in [1.29, 1.82) is 0 Å². The van der Waals surface area contributed by atoms with Gasteiger partial charge in [0.05, 0.1) is 50.8 Å². The zero-order valence-electron chi connectivity index (χ0n) is 42.5. The van der Waals surface area contributed by atoms with Crippen LogP contribution in [0.4, 0.5) is 0 Å². The van der Waals surface area contributed by atoms with Gasteiger partial charge in [-0.25, -0.2) is 18.4 Å². The van der Waals surface area contributed by atoms with Crippen LogP contribution in [0.2, 0.25) is 0 Å². The number of sulfone groups is 1. The van der Waals surface area contributed by atoms with E-state index in [1.807, 2.05) is 48.5 Å². The van der Waals surface area contributed by atoms with E-state index in [-0.39, 0.29) is 29.0 Å². The number of hydrogen-bond acceptors (Lipinski definition) is 13. The van der Waals surface area contributed by atoms with Crippen LogP contribution >= 0.6 is 0 Å². The van der Waals surface area contributed by atoms with E-state index in [0.717, 1.165) is 115 Å². The second-order valence-electron chi connectivity index (χ2n) is 19.5. The van der Waals surface area contributed by atoms with Crippen LogP contribution in [-0.2, 0) is 41.0 Å². The van der Waals surface area contributed by atoms with Crippen molar-refractivity contribution in [1.82, 2.24) is 44.8 Å². The fourth-order valence-electron chi connectivity index (χ4n) is 10.7. The van der Waals surface area contributed by atoms with E-state index < -0.39 is 43.3 Å². The Morgan fingerprint density at radius 3 is 1.06 bits per heavy atom. The Morgan fingerprint density at radius 1 is 0.420 bits per heavy atom. The van der Waals surface area contributed by atoms with E-state index >= 15 is 0 Å². The average Bonchev–Trinajstić information content (AvgIpc) is 4.46. The molecule has 6 heterocycles. The summed E-state index contributed by atoms with van der Waals surface area (Å²) in [6.45, 7) is 1.82. The Kier molecular flexibility index (Phi) is 12.5. The van der Waals surface area contributed by atoms with Crippen LogP contribution in [0.25, 0.3) is 133 Å². The van der Waals surface area contributed by atoms with E-state index in [1.165, 1.54) is 12.1 Å². The number of fused-ring (bicyclic) bond motifs is 25. The molecule has 81 heavy (non-hydrogen) atoms. The van der Waals surface area contributed by atoms with Crippen LogP contribution < -0.4 is 9.97 Å². The Morgan fingerprint density at radius 2 is 0.741 bits per heavy atom. The minimum atomic E-state index is -4.23. The van der Waals surface area contributed by atoms with Crippen LogP contribution in [0.15, 0.2) is 169 Å². The molecule has 0 spiro atoms. The first kappa shape index (κ1) is 51.2. The Labute approximate surface area is 469 Å². The topological polar surface area (TPSA) is 248 Å². The summed E-state index contributed by atoms with van der Waals surface area (Å²) in [5, 5.41) is 12.2. The number of rotatable bonds is 6. The van der Waals surface area contributed by atoms with E-state index in [1.54, 1.807) is 6.92 Å². The molecule has 0 aliphatic carbocycles. The molecule has 12 aromatic rings. The molecule has 0 saturated carbocycles. The Balaban J connectivity index is 0.000000209. The van der Waals surface area contributed by atoms with Crippen LogP contribution in [0.1, 0.15) is 34.1 Å². The van der Waals surface area contributed by atoms with Crippen molar-refractivity contribution >= 4 is 119 Å². The normalized spacial score (nSPS) is 12.9. The van der Waals surface area contributed by atoms with Gasteiger partial charge < -0.3 is 29.9 Å². The van der Waals surface area contributed by atoms with Gasteiger partial charge in [-0.15, -0.1) is 0 Å². The van der Waals surface area contributed by atoms with Crippen LogP contribution in [0.3, 0.4) is 0 Å². The predicted octanol–water partition coefficient (Wildman–Crippen LogP) is 11.0. The van der Waals surface area contributed by atoms with Gasteiger partial charge in [-0.2, -0.15) is 8.42 Å². The van der Waals surface area contributed by atoms with E-state index in [9.17, 15) is 26.4 Å². The number of carbonyl (C=O) groups excluding carboxylic acids is 2. The molecule has 0 radical (unpaired) electrons. The molecule has 3 aromatic heterocycles. The molecule has 0 atom stereocenters. The second kappa shape index (κ2) is 19.8. The fraction of sp³-hybridized carbons (Fsp3) is 0.0820. The second-order valence-corrected chi connectivity index (χ2v) is 23.2. The Bertz CT molecular complexity index is 4670. The van der Waals surface area contributed by atoms with Gasteiger partial charge in [-0.3, -0.25) is 19.0 Å². The molecule has 17 nitrogen and oxygen atoms in total. The van der Waals surface area contributed by atoms with Gasteiger partial charge in [-0.1, -0.05) is 97.1 Å². The molecule has 1 N–H and O–H groups in total. The molecule has 0 saturated heterocycles. The summed E-state index contributed by atoms with van der Waals surface area (Å²) < 4.78 is 62.4. The van der Waals surface area contributed by atoms with Crippen molar-refractivity contribution in [3.05, 3.63) is 175 Å². The maximum absolute atomic E-state index is 12.2. The number of nitrogens with zero attached hydrogens (tertiary/aromatic N) is 9. The van der Waals surface area contributed by atoms with Gasteiger partial charge in [0.25, 0.3) is 21.9 Å². The summed E-state index contributed by atoms with van der Waals surface area (Å²) in [6, 6.07) is 54.0. The summed E-state index contributed by atoms with van der Waals surface area (Å²) in [6.07, 6.45) is -0.272. The summed E-state index contributed by atoms with van der Waals surface area (Å²) in [5.41, 5.74) is 5.84. The molecular formula is C61H39N9O8S2V. The first-order valence-electron chi connectivity index (χ1n) is 25.4. The number of imide groups is 1. The van der Waals surface area contributed by atoms with Gasteiger partial charge in [0, 0.05) is 51.4 Å². The molecule has 3 aliphatic heterocycles. The number of hydrogen-bond donors (Lipinski definition) is 1. The minimum Gasteiger partial charge on any atom is -0.357 e. The smallest absolute Gasteiger partial charge is 0.0928 e. The molecule has 393 valence electrons. The van der Waals surface area contributed by atoms with Crippen LogP contribution in [0, 0.1) is 0 Å². The first-order valence-corrected chi connectivity index (χ1v) is 29.3. The number of carbonyl (C=O) groups is 2. The van der Waals surface area contributed by atoms with E-state index in [2.05, 4.69) is 97.1 Å². The molecule has 0 unspecified atom stereocenters. The van der Waals surface area contributed by atoms with Crippen molar-refractivity contribution in [3.63, 3.8) is 0 Å². The van der Waals surface area contributed by atoms with E-state index in [4.69, 9.17) is 48.1 Å². The minimum absolute atomic E-state index is 0.0210. The third-order valence-electron chi connectivity index (χ3n) is 14.6. The fourth-order valence-corrected chi connectivity index (χ4v) is 12.7. The standard InChI is InChI=1S/C48H24N8.C13H15NO7S2.O.V/c1-2-10-26-18-34-33(17-25(26)9-1)41-49-42(34)54-44-37-21-29-13-5-6-14-30(29)22-38(37)46(51-44)56-48-40-24-32-16-8-7-15-31(32)23-39(40)47(52-48)55-45-36-20-28-12-4-3-11-27(28)19-35(36)43(50-45)53-41;1-2-14-12(15)10-5-4-9(8-11(10)13(14)16)22(17,18)6-3-7-23(19,20)21;;/h1-24H;4-5,8H,2-3,6-7H2,1H3,(H,19,20,21);;/q-2;;;+2. The summed E-state index contributed by atoms with van der Waals surface area (Å²) in [4.78, 5) is 66.4. The van der Waals surface area contributed by atoms with Crippen molar-refractivity contribution in [2.75, 3.05) is 18.1 Å². The van der Waals surface area contributed by atoms with Gasteiger partial charge in [0.15, 0.2) is 9.84 Å². The van der Waals surface area contributed by atoms with E-state index in [0.29, 0.717) is 45.9 Å². The molecule has 2 amide bonds. The van der Waals surface area contributed by atoms with Gasteiger partial charge in [-0.05, 0) is 145 Å². The largest absolute Gasteiger partial charge is 0.357 e. The zero-order chi connectivity index (χ0) is 55.9. The molecule has 3 aliphatic rings. The molecule has 8 bridgehead atoms. The number of benzene rings is 9. The summed E-state index contributed by atoms with van der Waals surface area (Å²) >= 11 is 1.06. The summed E-state index contributed by atoms with van der Waals surface area (Å²) in [5.74, 6) is -0.0470. The van der Waals surface area contributed by atoms with Crippen molar-refractivity contribution in [3.8, 4) is 45.6 Å². The van der Waals surface area contributed by atoms with Crippen molar-refractivity contribution in [2.24, 2.45) is 0 Å². The Hall–Kier alpha value is -9.24. The first-order chi connectivity index (χ1) is 39.2. The maximum atomic E-state index is 12.2. The van der Waals surface area contributed by atoms with Crippen LogP contribution in [0.5, 0.6) is 0 Å². The van der Waals surface area contributed by atoms with Crippen LogP contribution in [-0.4, -0.2) is 86.1 Å². The van der Waals surface area contributed by atoms with Crippen molar-refractivity contribution in [2.45, 2.75) is 18.2 Å². The zero-order valence-corrected chi connectivity index (χ0v) is 45.5. The molecule has 15 rings (SSSR count).